The molecule has 0 unspecified atom stereocenters. The normalized spacial score (nSPS) is 25.6. The van der Waals surface area contributed by atoms with Crippen molar-refractivity contribution in [3.8, 4) is 17.6 Å². The van der Waals surface area contributed by atoms with Crippen molar-refractivity contribution in [2.75, 3.05) is 13.2 Å². The first kappa shape index (κ1) is 53.0. The van der Waals surface area contributed by atoms with Gasteiger partial charge >= 0.3 is 5.97 Å². The SMILES string of the molecule is CCCC[C@H](O)[C@H](O)/C=C/C1=C(\C[C@H](O)CO)[C@H](CC[C@H](O)[C@@H]2N[C@@H](C)CCC[C@@H]2CC(=O)O)N[C@@H]([C@@](C)(O)[C@H](CCCO)c2ccc(O)cc2)CC#Cc2c(CC)cccc2CC1. The number of aliphatic carboxylic acids is 1. The van der Waals surface area contributed by atoms with Crippen LogP contribution in [0.2, 0.25) is 0 Å². The van der Waals surface area contributed by atoms with E-state index in [1.54, 1.807) is 43.3 Å². The van der Waals surface area contributed by atoms with Crippen molar-refractivity contribution in [1.29, 1.82) is 0 Å². The van der Waals surface area contributed by atoms with Crippen LogP contribution < -0.4 is 10.6 Å². The van der Waals surface area contributed by atoms with Crippen molar-refractivity contribution in [1.82, 2.24) is 10.6 Å². The molecule has 0 amide bonds. The predicted molar refractivity (Wildman–Crippen MR) is 251 cm³/mol. The Hall–Kier alpha value is -3.61. The largest absolute Gasteiger partial charge is 0.508 e. The summed E-state index contributed by atoms with van der Waals surface area (Å²) in [6, 6.07) is 10.9. The number of carbonyl (C=O) groups is 1. The summed E-state index contributed by atoms with van der Waals surface area (Å²) in [6.45, 7) is 7.25. The van der Waals surface area contributed by atoms with Gasteiger partial charge < -0.3 is 56.6 Å². The van der Waals surface area contributed by atoms with Crippen LogP contribution in [0.3, 0.4) is 0 Å². The summed E-state index contributed by atoms with van der Waals surface area (Å²) in [5.74, 6) is 5.20. The van der Waals surface area contributed by atoms with Gasteiger partial charge in [-0.2, -0.15) is 0 Å². The predicted octanol–water partition coefficient (Wildman–Crippen LogP) is 5.55. The van der Waals surface area contributed by atoms with E-state index in [1.165, 1.54) is 0 Å². The molecule has 2 aromatic rings. The summed E-state index contributed by atoms with van der Waals surface area (Å²) in [5.41, 5.74) is 3.64. The highest BCUT2D eigenvalue weighted by Gasteiger charge is 2.42. The molecule has 64 heavy (non-hydrogen) atoms. The van der Waals surface area contributed by atoms with E-state index in [0.717, 1.165) is 59.9 Å². The second-order valence-corrected chi connectivity index (χ2v) is 18.5. The molecule has 2 aliphatic rings. The molecule has 0 radical (unpaired) electrons. The minimum Gasteiger partial charge on any atom is -0.508 e. The summed E-state index contributed by atoms with van der Waals surface area (Å²) >= 11 is 0. The molecule has 11 atom stereocenters. The highest BCUT2D eigenvalue weighted by atomic mass is 16.4. The van der Waals surface area contributed by atoms with Crippen LogP contribution in [-0.4, -0.2) is 119 Å². The van der Waals surface area contributed by atoms with E-state index in [2.05, 4.69) is 35.5 Å². The fourth-order valence-electron chi connectivity index (χ4n) is 9.81. The van der Waals surface area contributed by atoms with Gasteiger partial charge in [-0.05, 0) is 130 Å². The lowest BCUT2D eigenvalue weighted by atomic mass is 9.74. The zero-order chi connectivity index (χ0) is 46.8. The number of aryl methyl sites for hydroxylation is 2. The monoisotopic (exact) mass is 891 g/mol. The molecule has 4 rings (SSSR count). The van der Waals surface area contributed by atoms with E-state index in [1.807, 2.05) is 26.0 Å². The van der Waals surface area contributed by atoms with Gasteiger partial charge in [-0.3, -0.25) is 4.79 Å². The fourth-order valence-corrected chi connectivity index (χ4v) is 9.81. The van der Waals surface area contributed by atoms with E-state index in [0.29, 0.717) is 44.1 Å². The molecule has 2 aliphatic heterocycles. The summed E-state index contributed by atoms with van der Waals surface area (Å²) < 4.78 is 0. The van der Waals surface area contributed by atoms with Crippen molar-refractivity contribution >= 4 is 5.97 Å². The maximum Gasteiger partial charge on any atom is 0.303 e. The van der Waals surface area contributed by atoms with Crippen LogP contribution in [0, 0.1) is 17.8 Å². The van der Waals surface area contributed by atoms with Crippen LogP contribution in [0.25, 0.3) is 0 Å². The van der Waals surface area contributed by atoms with Crippen LogP contribution in [0.15, 0.2) is 65.8 Å². The fraction of sp³-hybridized carbons (Fsp3) is 0.635. The highest BCUT2D eigenvalue weighted by Crippen LogP contribution is 2.38. The van der Waals surface area contributed by atoms with Gasteiger partial charge in [0.2, 0.25) is 0 Å². The van der Waals surface area contributed by atoms with E-state index < -0.39 is 66.6 Å². The number of hydrogen-bond donors (Lipinski definition) is 11. The lowest BCUT2D eigenvalue weighted by molar-refractivity contribution is -0.138. The third-order valence-electron chi connectivity index (χ3n) is 13.6. The number of allylic oxidation sites excluding steroid dienone is 2. The molecular weight excluding hydrogens is 813 g/mol. The molecule has 1 fully saturated rings. The highest BCUT2D eigenvalue weighted by molar-refractivity contribution is 5.67. The lowest BCUT2D eigenvalue weighted by Gasteiger charge is -2.42. The number of carboxylic acid groups (broad SMARTS) is 1. The molecule has 2 heterocycles. The van der Waals surface area contributed by atoms with Gasteiger partial charge in [0.25, 0.3) is 0 Å². The van der Waals surface area contributed by atoms with Gasteiger partial charge in [-0.15, -0.1) is 0 Å². The number of fused-ring (bicyclic) bond motifs is 1. The molecule has 0 bridgehead atoms. The van der Waals surface area contributed by atoms with Crippen molar-refractivity contribution in [3.63, 3.8) is 0 Å². The van der Waals surface area contributed by atoms with Crippen LogP contribution >= 0.6 is 0 Å². The van der Waals surface area contributed by atoms with E-state index in [-0.39, 0.29) is 56.4 Å². The molecule has 0 aromatic heterocycles. The van der Waals surface area contributed by atoms with Crippen molar-refractivity contribution in [2.45, 2.75) is 191 Å². The zero-order valence-electron chi connectivity index (χ0n) is 38.6. The molecular formula is C52H78N2O10. The van der Waals surface area contributed by atoms with Crippen LogP contribution in [-0.2, 0) is 17.6 Å². The molecule has 12 nitrogen and oxygen atoms in total. The second-order valence-electron chi connectivity index (χ2n) is 18.5. The number of aromatic hydroxyl groups is 1. The third-order valence-corrected chi connectivity index (χ3v) is 13.6. The van der Waals surface area contributed by atoms with E-state index in [9.17, 15) is 50.8 Å². The van der Waals surface area contributed by atoms with Gasteiger partial charge in [0.15, 0.2) is 0 Å². The minimum absolute atomic E-state index is 0.00702. The molecule has 356 valence electrons. The maximum atomic E-state index is 13.0. The topological polar surface area (TPSA) is 223 Å². The Morgan fingerprint density at radius 2 is 1.72 bits per heavy atom. The Balaban J connectivity index is 1.97. The Morgan fingerprint density at radius 1 is 0.969 bits per heavy atom. The van der Waals surface area contributed by atoms with E-state index in [4.69, 9.17) is 0 Å². The number of phenols is 1. The van der Waals surface area contributed by atoms with Crippen LogP contribution in [0.4, 0.5) is 0 Å². The Morgan fingerprint density at radius 3 is 2.39 bits per heavy atom. The number of benzene rings is 2. The average Bonchev–Trinajstić information content (AvgIpc) is 3.45. The maximum absolute atomic E-state index is 13.0. The number of carboxylic acids is 1. The number of nitrogens with one attached hydrogen (secondary N) is 2. The van der Waals surface area contributed by atoms with Crippen LogP contribution in [0.1, 0.15) is 146 Å². The average molecular weight is 891 g/mol. The van der Waals surface area contributed by atoms with E-state index >= 15 is 0 Å². The summed E-state index contributed by atoms with van der Waals surface area (Å²) in [6.07, 6.45) is 6.50. The number of rotatable bonds is 22. The molecule has 0 spiro atoms. The van der Waals surface area contributed by atoms with Gasteiger partial charge in [0.1, 0.15) is 5.75 Å². The Kier molecular flexibility index (Phi) is 22.0. The number of hydrogen-bond acceptors (Lipinski definition) is 11. The zero-order valence-corrected chi connectivity index (χ0v) is 38.6. The summed E-state index contributed by atoms with van der Waals surface area (Å²) in [5, 5.41) is 106. The van der Waals surface area contributed by atoms with Crippen molar-refractivity contribution < 1.29 is 50.8 Å². The first-order valence-corrected chi connectivity index (χ1v) is 23.8. The second kappa shape index (κ2) is 26.5. The number of unbranched alkanes of at least 4 members (excludes halogenated alkanes) is 1. The number of aliphatic hydroxyl groups is 7. The first-order valence-electron chi connectivity index (χ1n) is 23.8. The Labute approximate surface area is 381 Å². The smallest absolute Gasteiger partial charge is 0.303 e. The lowest BCUT2D eigenvalue weighted by Crippen LogP contribution is -2.56. The number of phenolic OH excluding ortho intramolecular Hbond substituents is 1. The standard InChI is InChI=1S/C52H78N2O10/c1-5-7-18-46(59)47(60)28-24-37-21-20-36-14-9-13-35(6-2)42(36)16-10-19-49(52(4,64)44(17-11-30-55)38-22-25-40(57)26-23-38)54-45(43(37)32-41(58)33-56)27-29-48(61)51-39(31-50(62)63)15-8-12-34(3)53-51/h9,13-14,22-26,28,34,39,41,44-49,51,53-61,64H,5-8,11-12,15,17-21,27,29-33H2,1-4H3,(H,62,63)/b28-24+,43-37+/t34-,39+,41-,44+,45-,46-,47+,48-,49+,51+,52-/m0/s1. The van der Waals surface area contributed by atoms with Gasteiger partial charge in [-0.1, -0.05) is 87.4 Å². The molecule has 2 aromatic carbocycles. The molecule has 11 N–H and O–H groups in total. The van der Waals surface area contributed by atoms with Gasteiger partial charge in [0, 0.05) is 55.1 Å². The van der Waals surface area contributed by atoms with Gasteiger partial charge in [0.05, 0.1) is 36.6 Å². The molecule has 0 saturated carbocycles. The third kappa shape index (κ3) is 15.5. The summed E-state index contributed by atoms with van der Waals surface area (Å²) in [7, 11) is 0. The number of aliphatic hydroxyl groups excluding tert-OH is 6. The first-order chi connectivity index (χ1) is 30.6. The van der Waals surface area contributed by atoms with Gasteiger partial charge in [-0.25, -0.2) is 0 Å². The van der Waals surface area contributed by atoms with Crippen molar-refractivity contribution in [3.05, 3.63) is 88.0 Å². The van der Waals surface area contributed by atoms with Crippen molar-refractivity contribution in [2.24, 2.45) is 5.92 Å². The molecule has 12 heteroatoms. The molecule has 0 aliphatic carbocycles. The molecule has 1 saturated heterocycles. The quantitative estimate of drug-likeness (QED) is 0.0656. The summed E-state index contributed by atoms with van der Waals surface area (Å²) in [4.78, 5) is 12.0. The van der Waals surface area contributed by atoms with Crippen LogP contribution in [0.5, 0.6) is 5.75 Å². The minimum atomic E-state index is -1.55. The Bertz CT molecular complexity index is 1850.